The number of para-hydroxylation sites is 1. The highest BCUT2D eigenvalue weighted by atomic mass is 16.5. The summed E-state index contributed by atoms with van der Waals surface area (Å²) in [7, 11) is 1.54. The number of phenols is 1. The molecular weight excluding hydrogens is 330 g/mol. The molecule has 26 heavy (non-hydrogen) atoms. The van der Waals surface area contributed by atoms with Gasteiger partial charge >= 0.3 is 0 Å². The molecule has 0 aromatic heterocycles. The molecule has 0 spiro atoms. The minimum absolute atomic E-state index is 0.207. The highest BCUT2D eigenvalue weighted by molar-refractivity contribution is 5.97. The van der Waals surface area contributed by atoms with Crippen molar-refractivity contribution >= 4 is 5.91 Å². The van der Waals surface area contributed by atoms with E-state index in [4.69, 9.17) is 9.47 Å². The lowest BCUT2D eigenvalue weighted by Crippen LogP contribution is -2.26. The quantitative estimate of drug-likeness (QED) is 0.632. The molecule has 5 heteroatoms. The topological polar surface area (TPSA) is 67.8 Å². The molecule has 2 rings (SSSR count). The second-order valence-electron chi connectivity index (χ2n) is 6.07. The number of unbranched alkanes of at least 4 members (excludes halogenated alkanes) is 2. The Bertz CT molecular complexity index is 715. The molecule has 2 aromatic carbocycles. The van der Waals surface area contributed by atoms with Crippen LogP contribution in [0.4, 0.5) is 0 Å². The summed E-state index contributed by atoms with van der Waals surface area (Å²) in [5.74, 6) is 1.06. The van der Waals surface area contributed by atoms with E-state index in [1.54, 1.807) is 30.3 Å². The first-order valence-corrected chi connectivity index (χ1v) is 9.01. The van der Waals surface area contributed by atoms with Gasteiger partial charge in [-0.25, -0.2) is 0 Å². The van der Waals surface area contributed by atoms with E-state index >= 15 is 0 Å². The number of carbonyl (C=O) groups is 1. The molecule has 0 radical (unpaired) electrons. The number of hydrogen-bond acceptors (Lipinski definition) is 4. The average Bonchev–Trinajstić information content (AvgIpc) is 2.65. The second kappa shape index (κ2) is 10.3. The zero-order valence-electron chi connectivity index (χ0n) is 15.5. The van der Waals surface area contributed by atoms with E-state index < -0.39 is 0 Å². The first kappa shape index (κ1) is 19.6. The first-order valence-electron chi connectivity index (χ1n) is 9.01. The Morgan fingerprint density at radius 2 is 1.96 bits per heavy atom. The van der Waals surface area contributed by atoms with Gasteiger partial charge < -0.3 is 19.9 Å². The van der Waals surface area contributed by atoms with Gasteiger partial charge in [0.1, 0.15) is 5.75 Å². The molecule has 5 nitrogen and oxygen atoms in total. The fourth-order valence-corrected chi connectivity index (χ4v) is 2.68. The lowest BCUT2D eigenvalue weighted by atomic mass is 10.1. The smallest absolute Gasteiger partial charge is 0.255 e. The van der Waals surface area contributed by atoms with Gasteiger partial charge in [0.2, 0.25) is 0 Å². The number of aromatic hydroxyl groups is 1. The molecule has 0 heterocycles. The lowest BCUT2D eigenvalue weighted by Gasteiger charge is -2.14. The summed E-state index contributed by atoms with van der Waals surface area (Å²) >= 11 is 0. The van der Waals surface area contributed by atoms with Crippen molar-refractivity contribution in [1.29, 1.82) is 0 Å². The Morgan fingerprint density at radius 1 is 1.15 bits per heavy atom. The van der Waals surface area contributed by atoms with Gasteiger partial charge in [0, 0.05) is 6.54 Å². The lowest BCUT2D eigenvalue weighted by molar-refractivity contribution is 0.0950. The Hall–Kier alpha value is -2.69. The average molecular weight is 357 g/mol. The number of methoxy groups -OCH3 is 1. The molecule has 140 valence electrons. The molecule has 0 aliphatic heterocycles. The van der Waals surface area contributed by atoms with Crippen molar-refractivity contribution in [3.8, 4) is 17.2 Å². The molecule has 0 bridgehead atoms. The van der Waals surface area contributed by atoms with Crippen LogP contribution in [0.1, 0.15) is 42.1 Å². The van der Waals surface area contributed by atoms with Gasteiger partial charge in [0.25, 0.3) is 5.91 Å². The normalized spacial score (nSPS) is 10.4. The van der Waals surface area contributed by atoms with Gasteiger partial charge in [-0.1, -0.05) is 38.0 Å². The van der Waals surface area contributed by atoms with E-state index in [0.717, 1.165) is 24.8 Å². The van der Waals surface area contributed by atoms with Gasteiger partial charge in [-0.3, -0.25) is 4.79 Å². The van der Waals surface area contributed by atoms with Crippen molar-refractivity contribution in [1.82, 2.24) is 5.32 Å². The number of nitrogens with one attached hydrogen (secondary N) is 1. The molecule has 0 aliphatic carbocycles. The number of ether oxygens (including phenoxy) is 2. The standard InChI is InChI=1S/C21H27NO4/c1-3-4-5-14-26-19-11-7-10-18(20(19)25-2)21(24)22-13-12-16-8-6-9-17(23)15-16/h6-11,15,23H,3-5,12-14H2,1-2H3,(H,22,24). The Labute approximate surface area is 155 Å². The predicted octanol–water partition coefficient (Wildman–Crippen LogP) is 3.94. The van der Waals surface area contributed by atoms with Crippen LogP contribution in [0.15, 0.2) is 42.5 Å². The highest BCUT2D eigenvalue weighted by Gasteiger charge is 2.16. The summed E-state index contributed by atoms with van der Waals surface area (Å²) in [6, 6.07) is 12.3. The summed E-state index contributed by atoms with van der Waals surface area (Å²) in [4.78, 5) is 12.5. The van der Waals surface area contributed by atoms with Gasteiger partial charge in [-0.05, 0) is 42.7 Å². The zero-order valence-corrected chi connectivity index (χ0v) is 15.5. The van der Waals surface area contributed by atoms with Crippen molar-refractivity contribution in [2.45, 2.75) is 32.6 Å². The largest absolute Gasteiger partial charge is 0.508 e. The van der Waals surface area contributed by atoms with Crippen molar-refractivity contribution in [3.63, 3.8) is 0 Å². The molecule has 0 unspecified atom stereocenters. The van der Waals surface area contributed by atoms with E-state index in [1.807, 2.05) is 12.1 Å². The van der Waals surface area contributed by atoms with Crippen molar-refractivity contribution < 1.29 is 19.4 Å². The maximum absolute atomic E-state index is 12.5. The number of benzene rings is 2. The van der Waals surface area contributed by atoms with Crippen molar-refractivity contribution in [2.75, 3.05) is 20.3 Å². The van der Waals surface area contributed by atoms with Gasteiger partial charge in [0.05, 0.1) is 19.3 Å². The number of rotatable bonds is 10. The van der Waals surface area contributed by atoms with Crippen LogP contribution in [0.3, 0.4) is 0 Å². The van der Waals surface area contributed by atoms with E-state index in [2.05, 4.69) is 12.2 Å². The third-order valence-corrected chi connectivity index (χ3v) is 4.04. The molecular formula is C21H27NO4. The molecule has 0 saturated heterocycles. The van der Waals surface area contributed by atoms with Crippen molar-refractivity contribution in [3.05, 3.63) is 53.6 Å². The van der Waals surface area contributed by atoms with Crippen LogP contribution in [-0.2, 0) is 6.42 Å². The highest BCUT2D eigenvalue weighted by Crippen LogP contribution is 2.31. The van der Waals surface area contributed by atoms with Crippen LogP contribution < -0.4 is 14.8 Å². The SMILES string of the molecule is CCCCCOc1cccc(C(=O)NCCc2cccc(O)c2)c1OC. The van der Waals surface area contributed by atoms with E-state index in [-0.39, 0.29) is 11.7 Å². The molecule has 0 saturated carbocycles. The minimum atomic E-state index is -0.207. The summed E-state index contributed by atoms with van der Waals surface area (Å²) in [6.07, 6.45) is 3.84. The van der Waals surface area contributed by atoms with Crippen LogP contribution in [0.5, 0.6) is 17.2 Å². The first-order chi connectivity index (χ1) is 12.7. The monoisotopic (exact) mass is 357 g/mol. The van der Waals surface area contributed by atoms with Gasteiger partial charge in [0.15, 0.2) is 11.5 Å². The van der Waals surface area contributed by atoms with Crippen LogP contribution in [0.2, 0.25) is 0 Å². The van der Waals surface area contributed by atoms with Gasteiger partial charge in [-0.15, -0.1) is 0 Å². The molecule has 2 aromatic rings. The third-order valence-electron chi connectivity index (χ3n) is 4.04. The van der Waals surface area contributed by atoms with Crippen LogP contribution in [-0.4, -0.2) is 31.3 Å². The number of amides is 1. The Balaban J connectivity index is 1.96. The summed E-state index contributed by atoms with van der Waals surface area (Å²) in [6.45, 7) is 3.21. The molecule has 2 N–H and O–H groups in total. The van der Waals surface area contributed by atoms with E-state index in [9.17, 15) is 9.90 Å². The fourth-order valence-electron chi connectivity index (χ4n) is 2.68. The zero-order chi connectivity index (χ0) is 18.8. The molecule has 1 amide bonds. The third kappa shape index (κ3) is 5.69. The van der Waals surface area contributed by atoms with Crippen molar-refractivity contribution in [2.24, 2.45) is 0 Å². The summed E-state index contributed by atoms with van der Waals surface area (Å²) in [5, 5.41) is 12.4. The van der Waals surface area contributed by atoms with Crippen LogP contribution >= 0.6 is 0 Å². The molecule has 0 fully saturated rings. The Morgan fingerprint density at radius 3 is 2.69 bits per heavy atom. The van der Waals surface area contributed by atoms with Crippen LogP contribution in [0, 0.1) is 0 Å². The fraction of sp³-hybridized carbons (Fsp3) is 0.381. The minimum Gasteiger partial charge on any atom is -0.508 e. The number of carbonyl (C=O) groups excluding carboxylic acids is 1. The summed E-state index contributed by atoms with van der Waals surface area (Å²) < 4.78 is 11.2. The summed E-state index contributed by atoms with van der Waals surface area (Å²) in [5.41, 5.74) is 1.42. The second-order valence-corrected chi connectivity index (χ2v) is 6.07. The predicted molar refractivity (Wildman–Crippen MR) is 102 cm³/mol. The van der Waals surface area contributed by atoms with Gasteiger partial charge in [-0.2, -0.15) is 0 Å². The number of hydrogen-bond donors (Lipinski definition) is 2. The van der Waals surface area contributed by atoms with E-state index in [1.165, 1.54) is 7.11 Å². The van der Waals surface area contributed by atoms with E-state index in [0.29, 0.717) is 36.6 Å². The van der Waals surface area contributed by atoms with Crippen LogP contribution in [0.25, 0.3) is 0 Å². The number of phenolic OH excluding ortho intramolecular Hbond substituents is 1. The Kier molecular flexibility index (Phi) is 7.80. The molecule has 0 aliphatic rings. The maximum atomic E-state index is 12.5. The molecule has 0 atom stereocenters. The maximum Gasteiger partial charge on any atom is 0.255 e.